The number of para-hydroxylation sites is 1. The molecule has 0 aliphatic rings. The van der Waals surface area contributed by atoms with Crippen molar-refractivity contribution in [3.8, 4) is 5.75 Å². The summed E-state index contributed by atoms with van der Waals surface area (Å²) in [6.07, 6.45) is 2.52. The number of esters is 1. The Balaban J connectivity index is 2.41. The van der Waals surface area contributed by atoms with Gasteiger partial charge in [0.25, 0.3) is 0 Å². The van der Waals surface area contributed by atoms with Gasteiger partial charge in [0.15, 0.2) is 0 Å². The molecule has 0 heterocycles. The predicted octanol–water partition coefficient (Wildman–Crippen LogP) is 2.37. The number of rotatable bonds is 6. The zero-order valence-electron chi connectivity index (χ0n) is 9.98. The lowest BCUT2D eigenvalue weighted by Gasteiger charge is -2.12. The zero-order valence-corrected chi connectivity index (χ0v) is 10.9. The third-order valence-corrected chi connectivity index (χ3v) is 3.16. The first kappa shape index (κ1) is 14.5. The van der Waals surface area contributed by atoms with Gasteiger partial charge in [0.05, 0.1) is 6.16 Å². The minimum atomic E-state index is -3.79. The Bertz CT molecular complexity index is 455. The molecule has 1 N–H and O–H groups in total. The molecule has 0 bridgehead atoms. The molecule has 1 unspecified atom stereocenters. The number of allylic oxidation sites excluding steroid dienone is 1. The Hall–Kier alpha value is -1.58. The van der Waals surface area contributed by atoms with Gasteiger partial charge in [-0.05, 0) is 19.1 Å². The van der Waals surface area contributed by atoms with Crippen LogP contribution in [0.4, 0.5) is 0 Å². The van der Waals surface area contributed by atoms with Crippen LogP contribution in [0.2, 0.25) is 0 Å². The summed E-state index contributed by atoms with van der Waals surface area (Å²) in [5.41, 5.74) is 0. The number of benzene rings is 1. The van der Waals surface area contributed by atoms with Crippen LogP contribution in [0.5, 0.6) is 5.75 Å². The summed E-state index contributed by atoms with van der Waals surface area (Å²) in [5, 5.41) is 0. The first-order chi connectivity index (χ1) is 8.53. The van der Waals surface area contributed by atoms with Gasteiger partial charge in [-0.3, -0.25) is 0 Å². The van der Waals surface area contributed by atoms with Gasteiger partial charge in [-0.2, -0.15) is 0 Å². The van der Waals surface area contributed by atoms with Gasteiger partial charge in [0, 0.05) is 6.08 Å². The van der Waals surface area contributed by atoms with Crippen molar-refractivity contribution >= 4 is 13.6 Å². The number of carbonyl (C=O) groups is 1. The van der Waals surface area contributed by atoms with E-state index in [0.29, 0.717) is 5.75 Å². The largest absolute Gasteiger partial charge is 0.462 e. The van der Waals surface area contributed by atoms with E-state index >= 15 is 0 Å². The molecule has 0 spiro atoms. The van der Waals surface area contributed by atoms with Crippen LogP contribution in [0.3, 0.4) is 0 Å². The molecule has 1 atom stereocenters. The van der Waals surface area contributed by atoms with E-state index in [2.05, 4.69) is 0 Å². The number of carbonyl (C=O) groups excluding carboxylic acids is 1. The van der Waals surface area contributed by atoms with Crippen LogP contribution in [0.25, 0.3) is 0 Å². The maximum absolute atomic E-state index is 11.6. The lowest BCUT2D eigenvalue weighted by Crippen LogP contribution is -2.08. The molecule has 5 nitrogen and oxygen atoms in total. The molecule has 0 saturated heterocycles. The molecule has 1 aromatic rings. The second-order valence-corrected chi connectivity index (χ2v) is 5.34. The summed E-state index contributed by atoms with van der Waals surface area (Å²) in [4.78, 5) is 20.5. The van der Waals surface area contributed by atoms with Crippen molar-refractivity contribution in [2.75, 3.05) is 12.8 Å². The van der Waals surface area contributed by atoms with E-state index in [0.717, 1.165) is 0 Å². The van der Waals surface area contributed by atoms with Crippen molar-refractivity contribution in [2.45, 2.75) is 6.92 Å². The van der Waals surface area contributed by atoms with Crippen molar-refractivity contribution in [3.63, 3.8) is 0 Å². The molecule has 1 aromatic carbocycles. The summed E-state index contributed by atoms with van der Waals surface area (Å²) < 4.78 is 21.3. The van der Waals surface area contributed by atoms with E-state index in [1.54, 1.807) is 37.3 Å². The molecule has 0 aromatic heterocycles. The minimum absolute atomic E-state index is 0.163. The van der Waals surface area contributed by atoms with Gasteiger partial charge < -0.3 is 14.2 Å². The van der Waals surface area contributed by atoms with E-state index in [1.807, 2.05) is 0 Å². The van der Waals surface area contributed by atoms with Gasteiger partial charge in [-0.15, -0.1) is 0 Å². The van der Waals surface area contributed by atoms with Gasteiger partial charge in [0.1, 0.15) is 12.4 Å². The summed E-state index contributed by atoms with van der Waals surface area (Å²) in [6, 6.07) is 8.32. The molecule has 0 saturated carbocycles. The molecule has 1 rings (SSSR count). The predicted molar refractivity (Wildman–Crippen MR) is 67.5 cm³/mol. The van der Waals surface area contributed by atoms with Crippen molar-refractivity contribution in [2.24, 2.45) is 0 Å². The topological polar surface area (TPSA) is 72.8 Å². The molecule has 0 aliphatic carbocycles. The van der Waals surface area contributed by atoms with E-state index < -0.39 is 13.6 Å². The highest BCUT2D eigenvalue weighted by molar-refractivity contribution is 7.53. The smallest absolute Gasteiger partial charge is 0.380 e. The van der Waals surface area contributed by atoms with Crippen LogP contribution >= 0.6 is 7.60 Å². The maximum Gasteiger partial charge on any atom is 0.380 e. The Morgan fingerprint density at radius 2 is 2.06 bits per heavy atom. The van der Waals surface area contributed by atoms with Gasteiger partial charge in [-0.25, -0.2) is 9.36 Å². The Kier molecular flexibility index (Phi) is 5.62. The normalized spacial score (nSPS) is 14.1. The summed E-state index contributed by atoms with van der Waals surface area (Å²) in [6.45, 7) is 1.51. The highest BCUT2D eigenvalue weighted by atomic mass is 31.2. The lowest BCUT2D eigenvalue weighted by atomic mass is 10.3. The molecule has 98 valence electrons. The summed E-state index contributed by atoms with van der Waals surface area (Å²) >= 11 is 0. The second-order valence-electron chi connectivity index (χ2n) is 3.43. The first-order valence-corrected chi connectivity index (χ1v) is 7.16. The Morgan fingerprint density at radius 3 is 2.67 bits per heavy atom. The molecule has 0 radical (unpaired) electrons. The van der Waals surface area contributed by atoms with Crippen LogP contribution < -0.4 is 4.52 Å². The molecule has 18 heavy (non-hydrogen) atoms. The van der Waals surface area contributed by atoms with E-state index in [1.165, 1.54) is 12.2 Å². The summed E-state index contributed by atoms with van der Waals surface area (Å²) in [7, 11) is -3.79. The average molecular weight is 270 g/mol. The van der Waals surface area contributed by atoms with Crippen LogP contribution in [-0.4, -0.2) is 23.6 Å². The van der Waals surface area contributed by atoms with Crippen molar-refractivity contribution in [3.05, 3.63) is 42.5 Å². The van der Waals surface area contributed by atoms with E-state index in [9.17, 15) is 14.3 Å². The van der Waals surface area contributed by atoms with Crippen LogP contribution in [0.15, 0.2) is 42.5 Å². The lowest BCUT2D eigenvalue weighted by molar-refractivity contribution is -0.137. The maximum atomic E-state index is 11.6. The molecule has 6 heteroatoms. The molecule has 0 amide bonds. The van der Waals surface area contributed by atoms with Gasteiger partial charge in [-0.1, -0.05) is 24.3 Å². The molecule has 0 aliphatic heterocycles. The summed E-state index contributed by atoms with van der Waals surface area (Å²) in [5.74, 6) is -0.236. The number of hydrogen-bond donors (Lipinski definition) is 1. The van der Waals surface area contributed by atoms with Crippen molar-refractivity contribution < 1.29 is 23.5 Å². The standard InChI is InChI=1S/C12H15O5P/c1-2-6-12(13)16-9-10-18(14,15)17-11-7-4-3-5-8-11/h2-8H,9-10H2,1H3,(H,14,15). The quantitative estimate of drug-likeness (QED) is 0.488. The third-order valence-electron chi connectivity index (χ3n) is 1.91. The van der Waals surface area contributed by atoms with Crippen LogP contribution in [0, 0.1) is 0 Å². The highest BCUT2D eigenvalue weighted by Gasteiger charge is 2.21. The highest BCUT2D eigenvalue weighted by Crippen LogP contribution is 2.41. The third kappa shape index (κ3) is 5.66. The molecular weight excluding hydrogens is 255 g/mol. The fourth-order valence-corrected chi connectivity index (χ4v) is 2.00. The molecule has 0 fully saturated rings. The fourth-order valence-electron chi connectivity index (χ4n) is 1.14. The van der Waals surface area contributed by atoms with Crippen LogP contribution in [-0.2, 0) is 14.1 Å². The van der Waals surface area contributed by atoms with Gasteiger partial charge >= 0.3 is 13.6 Å². The van der Waals surface area contributed by atoms with E-state index in [-0.39, 0.29) is 12.8 Å². The Labute approximate surface area is 106 Å². The van der Waals surface area contributed by atoms with Crippen molar-refractivity contribution in [1.82, 2.24) is 0 Å². The zero-order chi connectivity index (χ0) is 13.4. The SMILES string of the molecule is CC=CC(=O)OCCP(=O)(O)Oc1ccccc1. The van der Waals surface area contributed by atoms with E-state index in [4.69, 9.17) is 9.26 Å². The fraction of sp³-hybridized carbons (Fsp3) is 0.250. The first-order valence-electron chi connectivity index (χ1n) is 5.39. The Morgan fingerprint density at radius 1 is 1.39 bits per heavy atom. The number of hydrogen-bond acceptors (Lipinski definition) is 4. The monoisotopic (exact) mass is 270 g/mol. The number of ether oxygens (including phenoxy) is 1. The second kappa shape index (κ2) is 6.99. The van der Waals surface area contributed by atoms with Crippen molar-refractivity contribution in [1.29, 1.82) is 0 Å². The molecular formula is C12H15O5P. The van der Waals surface area contributed by atoms with Crippen LogP contribution in [0.1, 0.15) is 6.92 Å². The minimum Gasteiger partial charge on any atom is -0.462 e. The van der Waals surface area contributed by atoms with Gasteiger partial charge in [0.2, 0.25) is 0 Å². The average Bonchev–Trinajstić information content (AvgIpc) is 2.29.